The summed E-state index contributed by atoms with van der Waals surface area (Å²) in [5.74, 6) is 0. The maximum Gasteiger partial charge on any atom is -0.00103 e. The van der Waals surface area contributed by atoms with E-state index < -0.39 is 0 Å². The average Bonchev–Trinajstić information content (AvgIpc) is 3.14. The number of hydrogen-bond donors (Lipinski definition) is 0. The first kappa shape index (κ1) is 20.1. The van der Waals surface area contributed by atoms with E-state index in [2.05, 4.69) is 32.9 Å². The van der Waals surface area contributed by atoms with E-state index in [0.29, 0.717) is 0 Å². The molecule has 0 aromatic heterocycles. The summed E-state index contributed by atoms with van der Waals surface area (Å²) < 4.78 is 0. The van der Waals surface area contributed by atoms with E-state index in [1.165, 1.54) is 57.3 Å². The minimum atomic E-state index is 0.114. The lowest BCUT2D eigenvalue weighted by atomic mass is 9.99. The molecule has 0 saturated heterocycles. The van der Waals surface area contributed by atoms with Crippen LogP contribution in [0.3, 0.4) is 0 Å². The molecule has 0 aliphatic heterocycles. The monoisotopic (exact) mass is 378 g/mol. The standard InChI is InChI=1S/C23H40P2/c1-4-24(5-2)23-18-12-17-22(23)19(3)25(20-13-8-6-9-14-20)21-15-10-7-11-16-21/h12,18-21H,4-11,13-17H2,1-3H3/t19-/m1/s1. The SMILES string of the molecule is CCP(CC)C1=C([C@@H](C)P(C2CCCCC2)C2CCCCC2)CC=C1. The van der Waals surface area contributed by atoms with Crippen LogP contribution in [0.1, 0.15) is 91.4 Å². The van der Waals surface area contributed by atoms with E-state index >= 15 is 0 Å². The van der Waals surface area contributed by atoms with Gasteiger partial charge < -0.3 is 0 Å². The highest BCUT2D eigenvalue weighted by molar-refractivity contribution is 7.62. The molecule has 1 atom stereocenters. The third kappa shape index (κ3) is 4.79. The first-order valence-electron chi connectivity index (χ1n) is 11.2. The molecule has 0 spiro atoms. The summed E-state index contributed by atoms with van der Waals surface area (Å²) in [7, 11) is 0.296. The predicted octanol–water partition coefficient (Wildman–Crippen LogP) is 8.26. The topological polar surface area (TPSA) is 0 Å². The zero-order valence-corrected chi connectivity index (χ0v) is 18.8. The molecule has 142 valence electrons. The second-order valence-corrected chi connectivity index (χ2v) is 14.4. The van der Waals surface area contributed by atoms with Crippen molar-refractivity contribution in [1.82, 2.24) is 0 Å². The first-order chi connectivity index (χ1) is 12.3. The highest BCUT2D eigenvalue weighted by Crippen LogP contribution is 2.63. The van der Waals surface area contributed by atoms with Gasteiger partial charge in [0.05, 0.1) is 0 Å². The molecule has 2 heteroatoms. The van der Waals surface area contributed by atoms with Gasteiger partial charge in [-0.2, -0.15) is 0 Å². The van der Waals surface area contributed by atoms with Crippen molar-refractivity contribution in [3.05, 3.63) is 23.0 Å². The van der Waals surface area contributed by atoms with Gasteiger partial charge in [0.2, 0.25) is 0 Å². The van der Waals surface area contributed by atoms with E-state index in [1.807, 2.05) is 10.9 Å². The van der Waals surface area contributed by atoms with Crippen LogP contribution in [0, 0.1) is 0 Å². The molecule has 0 heterocycles. The van der Waals surface area contributed by atoms with E-state index in [0.717, 1.165) is 17.0 Å². The second-order valence-electron chi connectivity index (χ2n) is 8.40. The van der Waals surface area contributed by atoms with E-state index in [1.54, 1.807) is 25.7 Å². The quantitative estimate of drug-likeness (QED) is 0.391. The van der Waals surface area contributed by atoms with Gasteiger partial charge in [-0.1, -0.05) is 92.9 Å². The maximum absolute atomic E-state index is 2.66. The van der Waals surface area contributed by atoms with Gasteiger partial charge >= 0.3 is 0 Å². The molecule has 0 unspecified atom stereocenters. The zero-order valence-electron chi connectivity index (χ0n) is 17.0. The predicted molar refractivity (Wildman–Crippen MR) is 119 cm³/mol. The molecule has 3 aliphatic rings. The molecule has 0 bridgehead atoms. The molecular formula is C23H40P2. The lowest BCUT2D eigenvalue weighted by molar-refractivity contribution is 0.482. The third-order valence-electron chi connectivity index (χ3n) is 6.99. The summed E-state index contributed by atoms with van der Waals surface area (Å²) in [5, 5.41) is 1.83. The van der Waals surface area contributed by atoms with Crippen LogP contribution in [0.2, 0.25) is 0 Å². The van der Waals surface area contributed by atoms with Crippen LogP contribution in [0.5, 0.6) is 0 Å². The van der Waals surface area contributed by atoms with Gasteiger partial charge in [-0.05, 0) is 66.7 Å². The lowest BCUT2D eigenvalue weighted by Gasteiger charge is -2.43. The number of hydrogen-bond acceptors (Lipinski definition) is 0. The van der Waals surface area contributed by atoms with Crippen LogP contribution in [-0.2, 0) is 0 Å². The smallest absolute Gasteiger partial charge is 0.00103 e. The average molecular weight is 379 g/mol. The van der Waals surface area contributed by atoms with Crippen LogP contribution in [-0.4, -0.2) is 29.3 Å². The van der Waals surface area contributed by atoms with Gasteiger partial charge in [0.25, 0.3) is 0 Å². The summed E-state index contributed by atoms with van der Waals surface area (Å²) >= 11 is 0. The van der Waals surface area contributed by atoms with Crippen LogP contribution >= 0.6 is 15.8 Å². The summed E-state index contributed by atoms with van der Waals surface area (Å²) in [6.45, 7) is 7.50. The van der Waals surface area contributed by atoms with Crippen molar-refractivity contribution in [2.45, 2.75) is 108 Å². The van der Waals surface area contributed by atoms with Crippen molar-refractivity contribution >= 4 is 15.8 Å². The lowest BCUT2D eigenvalue weighted by Crippen LogP contribution is -2.26. The zero-order chi connectivity index (χ0) is 17.6. The Morgan fingerprint density at radius 3 is 1.88 bits per heavy atom. The fourth-order valence-corrected chi connectivity index (χ4v) is 12.3. The van der Waals surface area contributed by atoms with Gasteiger partial charge in [0.1, 0.15) is 0 Å². The minimum Gasteiger partial charge on any atom is -0.0932 e. The molecule has 0 amide bonds. The molecule has 3 rings (SSSR count). The Hall–Kier alpha value is 0.340. The Morgan fingerprint density at radius 1 is 0.880 bits per heavy atom. The van der Waals surface area contributed by atoms with Gasteiger partial charge in [-0.25, -0.2) is 0 Å². The Kier molecular flexibility index (Phi) is 8.07. The maximum atomic E-state index is 2.66. The Labute approximate surface area is 159 Å². The van der Waals surface area contributed by atoms with Crippen molar-refractivity contribution in [3.8, 4) is 0 Å². The molecule has 0 aromatic rings. The van der Waals surface area contributed by atoms with E-state index in [-0.39, 0.29) is 15.8 Å². The fraction of sp³-hybridized carbons (Fsp3) is 0.826. The Morgan fingerprint density at radius 2 is 1.40 bits per heavy atom. The van der Waals surface area contributed by atoms with Crippen LogP contribution in [0.25, 0.3) is 0 Å². The molecule has 0 aromatic carbocycles. The molecule has 2 fully saturated rings. The van der Waals surface area contributed by atoms with Crippen LogP contribution in [0.4, 0.5) is 0 Å². The van der Waals surface area contributed by atoms with Gasteiger partial charge in [-0.15, -0.1) is 0 Å². The van der Waals surface area contributed by atoms with Crippen LogP contribution in [0.15, 0.2) is 23.0 Å². The molecule has 0 nitrogen and oxygen atoms in total. The largest absolute Gasteiger partial charge is 0.0932 e. The van der Waals surface area contributed by atoms with E-state index in [9.17, 15) is 0 Å². The highest BCUT2D eigenvalue weighted by Gasteiger charge is 2.37. The summed E-state index contributed by atoms with van der Waals surface area (Å²) in [5.41, 5.74) is 4.97. The third-order valence-corrected chi connectivity index (χ3v) is 13.6. The molecule has 3 aliphatic carbocycles. The van der Waals surface area contributed by atoms with E-state index in [4.69, 9.17) is 0 Å². The van der Waals surface area contributed by atoms with Gasteiger partial charge in [-0.3, -0.25) is 0 Å². The first-order valence-corrected chi connectivity index (χ1v) is 14.4. The van der Waals surface area contributed by atoms with Gasteiger partial charge in [0, 0.05) is 0 Å². The summed E-state index contributed by atoms with van der Waals surface area (Å²) in [6.07, 6.45) is 24.4. The molecule has 0 N–H and O–H groups in total. The van der Waals surface area contributed by atoms with Crippen molar-refractivity contribution in [2.24, 2.45) is 0 Å². The van der Waals surface area contributed by atoms with Crippen molar-refractivity contribution in [3.63, 3.8) is 0 Å². The summed E-state index contributed by atoms with van der Waals surface area (Å²) in [6, 6.07) is 0. The number of rotatable bonds is 7. The normalized spacial score (nSPS) is 24.7. The Bertz CT molecular complexity index is 444. The molecular weight excluding hydrogens is 338 g/mol. The second kappa shape index (κ2) is 10.0. The molecule has 25 heavy (non-hydrogen) atoms. The molecule has 2 saturated carbocycles. The van der Waals surface area contributed by atoms with Crippen molar-refractivity contribution in [1.29, 1.82) is 0 Å². The van der Waals surface area contributed by atoms with Crippen molar-refractivity contribution < 1.29 is 0 Å². The van der Waals surface area contributed by atoms with Gasteiger partial charge in [0.15, 0.2) is 0 Å². The fourth-order valence-electron chi connectivity index (χ4n) is 5.64. The Balaban J connectivity index is 1.84. The highest BCUT2D eigenvalue weighted by atomic mass is 31.1. The minimum absolute atomic E-state index is 0.114. The molecule has 0 radical (unpaired) electrons. The van der Waals surface area contributed by atoms with Crippen molar-refractivity contribution in [2.75, 3.05) is 12.3 Å². The summed E-state index contributed by atoms with van der Waals surface area (Å²) in [4.78, 5) is 0. The van der Waals surface area contributed by atoms with Crippen LogP contribution < -0.4 is 0 Å². The number of allylic oxidation sites excluding steroid dienone is 4.